The maximum atomic E-state index is 13.3. The molecule has 1 aliphatic carbocycles. The summed E-state index contributed by atoms with van der Waals surface area (Å²) in [6.07, 6.45) is 7.07. The Bertz CT molecular complexity index is 1260. The molecule has 2 aromatic carbocycles. The smallest absolute Gasteiger partial charge is 0.238 e. The number of nitrogens with two attached hydrogens (primary N) is 1. The van der Waals surface area contributed by atoms with Crippen molar-refractivity contribution in [2.75, 3.05) is 11.4 Å². The van der Waals surface area contributed by atoms with Gasteiger partial charge in [-0.2, -0.15) is 0 Å². The fraction of sp³-hybridized carbons (Fsp3) is 0.227. The number of nitrogens with zero attached hydrogens (tertiary/aromatic N) is 3. The number of carbonyl (C=O) groups is 1. The van der Waals surface area contributed by atoms with Crippen LogP contribution in [0, 0.1) is 5.92 Å². The average Bonchev–Trinajstić information content (AvgIpc) is 3.36. The highest BCUT2D eigenvalue weighted by Gasteiger charge is 2.34. The maximum absolute atomic E-state index is 13.3. The van der Waals surface area contributed by atoms with Crippen molar-refractivity contribution in [3.63, 3.8) is 0 Å². The molecule has 0 spiro atoms. The number of sulfonamides is 1. The minimum absolute atomic E-state index is 0.0255. The van der Waals surface area contributed by atoms with E-state index in [0.717, 1.165) is 22.4 Å². The molecule has 1 aromatic heterocycles. The molecule has 0 unspecified atom stereocenters. The fourth-order valence-electron chi connectivity index (χ4n) is 4.39. The lowest BCUT2D eigenvalue weighted by molar-refractivity contribution is -0.122. The first-order valence-corrected chi connectivity index (χ1v) is 11.3. The van der Waals surface area contributed by atoms with Crippen molar-refractivity contribution >= 4 is 21.6 Å². The third-order valence-electron chi connectivity index (χ3n) is 5.89. The van der Waals surface area contributed by atoms with Gasteiger partial charge in [0, 0.05) is 36.1 Å². The molecule has 2 N–H and O–H groups in total. The highest BCUT2D eigenvalue weighted by molar-refractivity contribution is 7.89. The number of amides is 1. The van der Waals surface area contributed by atoms with Crippen LogP contribution in [-0.2, 0) is 34.1 Å². The number of anilines is 1. The molecule has 5 rings (SSSR count). The Labute approximate surface area is 174 Å². The van der Waals surface area contributed by atoms with Crippen LogP contribution in [-0.4, -0.2) is 30.8 Å². The standard InChI is InChI=1S/C22H20N4O3S/c23-30(28,29)19-4-3-14-5-8-26(21(14)12-19)22(27)18-9-15-1-2-16(10-17(15)11-18)20-13-24-6-7-25-20/h1-4,6-7,10,12-13,18H,5,8-9,11H2,(H2,23,28,29)/t18-/m1/s1. The van der Waals surface area contributed by atoms with Crippen molar-refractivity contribution < 1.29 is 13.2 Å². The number of carbonyl (C=O) groups excluding carboxylic acids is 1. The molecule has 8 heteroatoms. The SMILES string of the molecule is NS(=O)(=O)c1ccc2c(c1)N(C(=O)[C@@H]1Cc3ccc(-c4cnccn4)cc3C1)CC2. The van der Waals surface area contributed by atoms with Crippen LogP contribution in [0.25, 0.3) is 11.3 Å². The summed E-state index contributed by atoms with van der Waals surface area (Å²) in [5.41, 5.74) is 5.73. The summed E-state index contributed by atoms with van der Waals surface area (Å²) in [7, 11) is -3.82. The molecule has 2 heterocycles. The van der Waals surface area contributed by atoms with Crippen LogP contribution >= 0.6 is 0 Å². The highest BCUT2D eigenvalue weighted by Crippen LogP contribution is 2.36. The van der Waals surface area contributed by atoms with E-state index in [1.54, 1.807) is 29.6 Å². The normalized spacial score (nSPS) is 17.6. The number of hydrogen-bond acceptors (Lipinski definition) is 5. The monoisotopic (exact) mass is 420 g/mol. The van der Waals surface area contributed by atoms with Gasteiger partial charge < -0.3 is 4.90 Å². The second kappa shape index (κ2) is 7.00. The molecule has 30 heavy (non-hydrogen) atoms. The van der Waals surface area contributed by atoms with Crippen molar-refractivity contribution in [3.05, 3.63) is 71.7 Å². The van der Waals surface area contributed by atoms with Crippen LogP contribution < -0.4 is 10.0 Å². The van der Waals surface area contributed by atoms with E-state index in [1.165, 1.54) is 17.7 Å². The van der Waals surface area contributed by atoms with Gasteiger partial charge in [-0.05, 0) is 54.2 Å². The van der Waals surface area contributed by atoms with Gasteiger partial charge in [0.1, 0.15) is 0 Å². The van der Waals surface area contributed by atoms with Gasteiger partial charge in [0.05, 0.1) is 16.8 Å². The highest BCUT2D eigenvalue weighted by atomic mass is 32.2. The quantitative estimate of drug-likeness (QED) is 0.698. The first-order chi connectivity index (χ1) is 14.4. The molecule has 2 aliphatic rings. The summed E-state index contributed by atoms with van der Waals surface area (Å²) >= 11 is 0. The van der Waals surface area contributed by atoms with Crippen LogP contribution in [0.5, 0.6) is 0 Å². The Morgan fingerprint density at radius 1 is 1.03 bits per heavy atom. The van der Waals surface area contributed by atoms with E-state index in [-0.39, 0.29) is 16.7 Å². The molecule has 1 amide bonds. The third-order valence-corrected chi connectivity index (χ3v) is 6.80. The van der Waals surface area contributed by atoms with Gasteiger partial charge in [-0.25, -0.2) is 13.6 Å². The maximum Gasteiger partial charge on any atom is 0.238 e. The van der Waals surface area contributed by atoms with Gasteiger partial charge in [-0.3, -0.25) is 14.8 Å². The van der Waals surface area contributed by atoms with E-state index in [9.17, 15) is 13.2 Å². The summed E-state index contributed by atoms with van der Waals surface area (Å²) in [6.45, 7) is 0.555. The predicted molar refractivity (Wildman–Crippen MR) is 112 cm³/mol. The van der Waals surface area contributed by atoms with Gasteiger partial charge in [0.25, 0.3) is 0 Å². The van der Waals surface area contributed by atoms with E-state index in [4.69, 9.17) is 5.14 Å². The van der Waals surface area contributed by atoms with E-state index < -0.39 is 10.0 Å². The lowest BCUT2D eigenvalue weighted by atomic mass is 10.0. The molecule has 1 atom stereocenters. The second-order valence-electron chi connectivity index (χ2n) is 7.75. The van der Waals surface area contributed by atoms with E-state index >= 15 is 0 Å². The number of rotatable bonds is 3. The Morgan fingerprint density at radius 3 is 2.60 bits per heavy atom. The van der Waals surface area contributed by atoms with Gasteiger partial charge in [-0.1, -0.05) is 18.2 Å². The number of aromatic nitrogens is 2. The Kier molecular flexibility index (Phi) is 4.41. The van der Waals surface area contributed by atoms with Crippen molar-refractivity contribution in [1.29, 1.82) is 0 Å². The zero-order valence-electron chi connectivity index (χ0n) is 16.2. The van der Waals surface area contributed by atoms with Crippen molar-refractivity contribution in [1.82, 2.24) is 9.97 Å². The Balaban J connectivity index is 1.40. The molecule has 0 saturated carbocycles. The predicted octanol–water partition coefficient (Wildman–Crippen LogP) is 2.10. The minimum atomic E-state index is -3.82. The van der Waals surface area contributed by atoms with Crippen LogP contribution in [0.2, 0.25) is 0 Å². The molecule has 152 valence electrons. The molecular formula is C22H20N4O3S. The number of hydrogen-bond donors (Lipinski definition) is 1. The number of benzene rings is 2. The van der Waals surface area contributed by atoms with Crippen LogP contribution in [0.1, 0.15) is 16.7 Å². The van der Waals surface area contributed by atoms with Gasteiger partial charge in [0.15, 0.2) is 0 Å². The summed E-state index contributed by atoms with van der Waals surface area (Å²) in [6, 6.07) is 10.9. The molecule has 0 bridgehead atoms. The van der Waals surface area contributed by atoms with Crippen molar-refractivity contribution in [3.8, 4) is 11.3 Å². The minimum Gasteiger partial charge on any atom is -0.312 e. The van der Waals surface area contributed by atoms with Crippen LogP contribution in [0.3, 0.4) is 0 Å². The summed E-state index contributed by atoms with van der Waals surface area (Å²) < 4.78 is 23.5. The second-order valence-corrected chi connectivity index (χ2v) is 9.32. The van der Waals surface area contributed by atoms with Gasteiger partial charge >= 0.3 is 0 Å². The third kappa shape index (κ3) is 3.28. The number of primary sulfonamides is 1. The molecule has 0 saturated heterocycles. The molecule has 0 radical (unpaired) electrons. The Morgan fingerprint density at radius 2 is 1.83 bits per heavy atom. The van der Waals surface area contributed by atoms with Crippen molar-refractivity contribution in [2.45, 2.75) is 24.2 Å². The van der Waals surface area contributed by atoms with Crippen LogP contribution in [0.15, 0.2) is 59.9 Å². The number of fused-ring (bicyclic) bond motifs is 2. The van der Waals surface area contributed by atoms with E-state index in [1.807, 2.05) is 6.07 Å². The lowest BCUT2D eigenvalue weighted by Crippen LogP contribution is -2.35. The average molecular weight is 420 g/mol. The fourth-order valence-corrected chi connectivity index (χ4v) is 4.92. The summed E-state index contributed by atoms with van der Waals surface area (Å²) in [4.78, 5) is 23.5. The molecular weight excluding hydrogens is 400 g/mol. The van der Waals surface area contributed by atoms with E-state index in [0.29, 0.717) is 31.5 Å². The summed E-state index contributed by atoms with van der Waals surface area (Å²) in [5, 5.41) is 5.27. The van der Waals surface area contributed by atoms with Crippen LogP contribution in [0.4, 0.5) is 5.69 Å². The summed E-state index contributed by atoms with van der Waals surface area (Å²) in [5.74, 6) is -0.140. The van der Waals surface area contributed by atoms with E-state index in [2.05, 4.69) is 22.1 Å². The lowest BCUT2D eigenvalue weighted by Gasteiger charge is -2.21. The first-order valence-electron chi connectivity index (χ1n) is 9.75. The topological polar surface area (TPSA) is 106 Å². The molecule has 1 aliphatic heterocycles. The zero-order chi connectivity index (χ0) is 20.9. The first kappa shape index (κ1) is 18.9. The zero-order valence-corrected chi connectivity index (χ0v) is 17.0. The largest absolute Gasteiger partial charge is 0.312 e. The molecule has 3 aromatic rings. The molecule has 7 nitrogen and oxygen atoms in total. The van der Waals surface area contributed by atoms with Gasteiger partial charge in [-0.15, -0.1) is 0 Å². The van der Waals surface area contributed by atoms with Gasteiger partial charge in [0.2, 0.25) is 15.9 Å². The molecule has 0 fully saturated rings. The Hall–Kier alpha value is -3.10. The van der Waals surface area contributed by atoms with Crippen molar-refractivity contribution in [2.24, 2.45) is 11.1 Å².